The summed E-state index contributed by atoms with van der Waals surface area (Å²) in [6.07, 6.45) is 2.66. The Kier molecular flexibility index (Phi) is 3.13. The highest BCUT2D eigenvalue weighted by Crippen LogP contribution is 2.39. The number of hydrogen-bond acceptors (Lipinski definition) is 2. The Balaban J connectivity index is 1.96. The molecule has 1 aliphatic rings. The van der Waals surface area contributed by atoms with Gasteiger partial charge in [0.15, 0.2) is 0 Å². The highest BCUT2D eigenvalue weighted by Gasteiger charge is 2.37. The molecule has 0 saturated heterocycles. The first kappa shape index (κ1) is 11.7. The van der Waals surface area contributed by atoms with Crippen LogP contribution in [-0.4, -0.2) is 10.6 Å². The van der Waals surface area contributed by atoms with Gasteiger partial charge < -0.3 is 10.4 Å². The van der Waals surface area contributed by atoms with Crippen molar-refractivity contribution in [3.8, 4) is 5.75 Å². The molecule has 88 valence electrons. The zero-order valence-electron chi connectivity index (χ0n) is 9.76. The Bertz CT molecular complexity index is 386. The molecule has 1 fully saturated rings. The fourth-order valence-electron chi connectivity index (χ4n) is 1.94. The van der Waals surface area contributed by atoms with Crippen LogP contribution in [0.2, 0.25) is 5.02 Å². The van der Waals surface area contributed by atoms with E-state index in [-0.39, 0.29) is 11.3 Å². The van der Waals surface area contributed by atoms with Crippen LogP contribution in [0, 0.1) is 5.92 Å². The number of hydrogen-bond donors (Lipinski definition) is 2. The van der Waals surface area contributed by atoms with Crippen LogP contribution in [0.25, 0.3) is 0 Å². The number of rotatable bonds is 4. The fourth-order valence-corrected chi connectivity index (χ4v) is 2.14. The summed E-state index contributed by atoms with van der Waals surface area (Å²) >= 11 is 5.86. The highest BCUT2D eigenvalue weighted by atomic mass is 35.5. The third kappa shape index (κ3) is 2.69. The van der Waals surface area contributed by atoms with Crippen LogP contribution in [0.5, 0.6) is 5.75 Å². The molecular formula is C13H18ClNO. The number of phenols is 1. The second-order valence-electron chi connectivity index (χ2n) is 5.14. The third-order valence-corrected chi connectivity index (χ3v) is 3.66. The lowest BCUT2D eigenvalue weighted by atomic mass is 9.98. The maximum atomic E-state index is 9.32. The lowest BCUT2D eigenvalue weighted by molar-refractivity contribution is 0.339. The van der Waals surface area contributed by atoms with Crippen LogP contribution < -0.4 is 5.32 Å². The molecule has 3 heteroatoms. The number of aromatic hydroxyl groups is 1. The maximum absolute atomic E-state index is 9.32. The molecule has 0 aliphatic heterocycles. The van der Waals surface area contributed by atoms with E-state index in [2.05, 4.69) is 19.2 Å². The summed E-state index contributed by atoms with van der Waals surface area (Å²) in [5.74, 6) is 0.951. The Hall–Kier alpha value is -0.730. The van der Waals surface area contributed by atoms with Crippen LogP contribution in [-0.2, 0) is 6.54 Å². The number of benzene rings is 1. The zero-order valence-corrected chi connectivity index (χ0v) is 10.5. The molecule has 0 heterocycles. The first-order valence-electron chi connectivity index (χ1n) is 5.71. The third-order valence-electron chi connectivity index (χ3n) is 3.36. The van der Waals surface area contributed by atoms with Gasteiger partial charge in [0.1, 0.15) is 5.75 Å². The summed E-state index contributed by atoms with van der Waals surface area (Å²) < 4.78 is 0. The van der Waals surface area contributed by atoms with Gasteiger partial charge in [0.05, 0.1) is 5.02 Å². The molecule has 16 heavy (non-hydrogen) atoms. The van der Waals surface area contributed by atoms with Crippen molar-refractivity contribution in [3.63, 3.8) is 0 Å². The van der Waals surface area contributed by atoms with Gasteiger partial charge in [-0.05, 0) is 50.3 Å². The molecule has 2 nitrogen and oxygen atoms in total. The van der Waals surface area contributed by atoms with Gasteiger partial charge in [-0.1, -0.05) is 17.7 Å². The van der Waals surface area contributed by atoms with Gasteiger partial charge in [-0.3, -0.25) is 0 Å². The number of phenolic OH excluding ortho intramolecular Hbond substituents is 1. The molecule has 2 N–H and O–H groups in total. The van der Waals surface area contributed by atoms with Crippen molar-refractivity contribution in [1.82, 2.24) is 5.32 Å². The summed E-state index contributed by atoms with van der Waals surface area (Å²) in [6.45, 7) is 5.28. The predicted octanol–water partition coefficient (Wildman–Crippen LogP) is 3.32. The van der Waals surface area contributed by atoms with E-state index in [9.17, 15) is 5.11 Å². The largest absolute Gasteiger partial charge is 0.506 e. The second-order valence-corrected chi connectivity index (χ2v) is 5.54. The second kappa shape index (κ2) is 4.27. The lowest BCUT2D eigenvalue weighted by Gasteiger charge is -2.26. The SMILES string of the molecule is CC(C)(NCc1ccc(O)c(Cl)c1)C1CC1. The average Bonchev–Trinajstić information content (AvgIpc) is 3.03. The van der Waals surface area contributed by atoms with E-state index >= 15 is 0 Å². The standard InChI is InChI=1S/C13H18ClNO/c1-13(2,10-4-5-10)15-8-9-3-6-12(16)11(14)7-9/h3,6-7,10,15-16H,4-5,8H2,1-2H3. The van der Waals surface area contributed by atoms with Gasteiger partial charge in [0, 0.05) is 12.1 Å². The lowest BCUT2D eigenvalue weighted by Crippen LogP contribution is -2.40. The molecule has 0 unspecified atom stereocenters. The van der Waals surface area contributed by atoms with Crippen molar-refractivity contribution in [3.05, 3.63) is 28.8 Å². The number of nitrogens with one attached hydrogen (secondary N) is 1. The van der Waals surface area contributed by atoms with Crippen LogP contribution in [0.3, 0.4) is 0 Å². The van der Waals surface area contributed by atoms with Crippen LogP contribution in [0.4, 0.5) is 0 Å². The fraction of sp³-hybridized carbons (Fsp3) is 0.538. The normalized spacial score (nSPS) is 16.4. The van der Waals surface area contributed by atoms with Gasteiger partial charge in [-0.2, -0.15) is 0 Å². The van der Waals surface area contributed by atoms with Crippen molar-refractivity contribution in [2.45, 2.75) is 38.8 Å². The molecular weight excluding hydrogens is 222 g/mol. The minimum Gasteiger partial charge on any atom is -0.506 e. The van der Waals surface area contributed by atoms with E-state index in [1.165, 1.54) is 12.8 Å². The van der Waals surface area contributed by atoms with Gasteiger partial charge in [-0.15, -0.1) is 0 Å². The molecule has 0 atom stereocenters. The quantitative estimate of drug-likeness (QED) is 0.845. The zero-order chi connectivity index (χ0) is 11.8. The van der Waals surface area contributed by atoms with Gasteiger partial charge in [0.25, 0.3) is 0 Å². The van der Waals surface area contributed by atoms with Gasteiger partial charge in [0.2, 0.25) is 0 Å². The van der Waals surface area contributed by atoms with E-state index < -0.39 is 0 Å². The molecule has 0 radical (unpaired) electrons. The minimum absolute atomic E-state index is 0.145. The van der Waals surface area contributed by atoms with Crippen LogP contribution in [0.1, 0.15) is 32.3 Å². The Morgan fingerprint density at radius 3 is 2.69 bits per heavy atom. The Morgan fingerprint density at radius 2 is 2.12 bits per heavy atom. The first-order valence-corrected chi connectivity index (χ1v) is 6.09. The van der Waals surface area contributed by atoms with E-state index in [4.69, 9.17) is 11.6 Å². The molecule has 1 aliphatic carbocycles. The van der Waals surface area contributed by atoms with Crippen molar-refractivity contribution < 1.29 is 5.11 Å². The molecule has 0 aromatic heterocycles. The minimum atomic E-state index is 0.145. The summed E-state index contributed by atoms with van der Waals surface area (Å²) in [4.78, 5) is 0. The molecule has 0 bridgehead atoms. The first-order chi connectivity index (χ1) is 7.49. The van der Waals surface area contributed by atoms with Crippen molar-refractivity contribution in [2.24, 2.45) is 5.92 Å². The van der Waals surface area contributed by atoms with E-state index in [0.717, 1.165) is 18.0 Å². The average molecular weight is 240 g/mol. The van der Waals surface area contributed by atoms with E-state index in [0.29, 0.717) is 5.02 Å². The summed E-state index contributed by atoms with van der Waals surface area (Å²) in [5.41, 5.74) is 1.31. The molecule has 0 spiro atoms. The van der Waals surface area contributed by atoms with E-state index in [1.54, 1.807) is 6.07 Å². The van der Waals surface area contributed by atoms with E-state index in [1.807, 2.05) is 12.1 Å². The maximum Gasteiger partial charge on any atom is 0.134 e. The molecule has 0 amide bonds. The van der Waals surface area contributed by atoms with Gasteiger partial charge >= 0.3 is 0 Å². The summed E-state index contributed by atoms with van der Waals surface area (Å²) in [7, 11) is 0. The van der Waals surface area contributed by atoms with Crippen LogP contribution in [0.15, 0.2) is 18.2 Å². The highest BCUT2D eigenvalue weighted by molar-refractivity contribution is 6.32. The predicted molar refractivity (Wildman–Crippen MR) is 66.8 cm³/mol. The molecule has 1 aromatic rings. The van der Waals surface area contributed by atoms with Crippen LogP contribution >= 0.6 is 11.6 Å². The van der Waals surface area contributed by atoms with Crippen molar-refractivity contribution in [1.29, 1.82) is 0 Å². The van der Waals surface area contributed by atoms with Gasteiger partial charge in [-0.25, -0.2) is 0 Å². The smallest absolute Gasteiger partial charge is 0.134 e. The Labute approximate surface area is 102 Å². The number of halogens is 1. The Morgan fingerprint density at radius 1 is 1.44 bits per heavy atom. The van der Waals surface area contributed by atoms with Crippen molar-refractivity contribution >= 4 is 11.6 Å². The van der Waals surface area contributed by atoms with Crippen molar-refractivity contribution in [2.75, 3.05) is 0 Å². The summed E-state index contributed by atoms with van der Waals surface area (Å²) in [6, 6.07) is 5.35. The monoisotopic (exact) mass is 239 g/mol. The topological polar surface area (TPSA) is 32.3 Å². The molecule has 2 rings (SSSR count). The summed E-state index contributed by atoms with van der Waals surface area (Å²) in [5, 5.41) is 13.3. The molecule has 1 saturated carbocycles. The molecule has 1 aromatic carbocycles.